The fraction of sp³-hybridized carbons (Fsp3) is 0.154. The smallest absolute Gasteiger partial charge is 0.142 e. The van der Waals surface area contributed by atoms with Gasteiger partial charge in [-0.25, -0.2) is 9.37 Å². The van der Waals surface area contributed by atoms with Crippen molar-refractivity contribution in [2.75, 3.05) is 5.73 Å². The second-order valence-corrected chi connectivity index (χ2v) is 4.18. The number of halogens is 2. The van der Waals surface area contributed by atoms with Crippen LogP contribution in [-0.2, 0) is 12.8 Å². The minimum Gasteiger partial charge on any atom is -0.384 e. The summed E-state index contributed by atoms with van der Waals surface area (Å²) in [5.41, 5.74) is 7.46. The number of aromatic nitrogens is 1. The van der Waals surface area contributed by atoms with Crippen molar-refractivity contribution in [1.82, 2.24) is 4.98 Å². The van der Waals surface area contributed by atoms with Gasteiger partial charge in [-0.2, -0.15) is 0 Å². The van der Waals surface area contributed by atoms with Gasteiger partial charge in [0.2, 0.25) is 0 Å². The normalized spacial score (nSPS) is 10.5. The van der Waals surface area contributed by atoms with Crippen LogP contribution in [0.1, 0.15) is 11.1 Å². The lowest BCUT2D eigenvalue weighted by Crippen LogP contribution is -1.96. The Labute approximate surface area is 104 Å². The van der Waals surface area contributed by atoms with E-state index in [4.69, 9.17) is 17.3 Å². The average Bonchev–Trinajstić information content (AvgIpc) is 2.31. The number of aryl methyl sites for hydroxylation is 2. The molecule has 0 unspecified atom stereocenters. The number of nitrogens with two attached hydrogens (primary N) is 1. The lowest BCUT2D eigenvalue weighted by molar-refractivity contribution is 0.625. The number of pyridine rings is 1. The molecule has 0 aliphatic heterocycles. The summed E-state index contributed by atoms with van der Waals surface area (Å²) in [5, 5.41) is 0.203. The Morgan fingerprint density at radius 3 is 2.82 bits per heavy atom. The van der Waals surface area contributed by atoms with Gasteiger partial charge in [0.25, 0.3) is 0 Å². The molecule has 0 spiro atoms. The molecule has 0 saturated carbocycles. The third kappa shape index (κ3) is 2.94. The summed E-state index contributed by atoms with van der Waals surface area (Å²) in [6, 6.07) is 8.56. The first-order chi connectivity index (χ1) is 8.16. The average molecular weight is 251 g/mol. The molecule has 88 valence electrons. The number of benzene rings is 1. The lowest BCUT2D eigenvalue weighted by Gasteiger charge is -2.05. The summed E-state index contributed by atoms with van der Waals surface area (Å²) in [7, 11) is 0. The Balaban J connectivity index is 2.10. The summed E-state index contributed by atoms with van der Waals surface area (Å²) in [6.45, 7) is 0. The van der Waals surface area contributed by atoms with E-state index in [0.29, 0.717) is 12.2 Å². The van der Waals surface area contributed by atoms with E-state index < -0.39 is 0 Å². The second-order valence-electron chi connectivity index (χ2n) is 3.80. The minimum atomic E-state index is -0.376. The number of hydrogen-bond donors (Lipinski definition) is 1. The van der Waals surface area contributed by atoms with E-state index in [2.05, 4.69) is 4.98 Å². The molecule has 2 aromatic rings. The van der Waals surface area contributed by atoms with Gasteiger partial charge in [0.15, 0.2) is 0 Å². The Bertz CT molecular complexity index is 529. The van der Waals surface area contributed by atoms with Crippen LogP contribution >= 0.6 is 11.6 Å². The van der Waals surface area contributed by atoms with E-state index >= 15 is 0 Å². The highest BCUT2D eigenvalue weighted by Gasteiger charge is 2.05. The van der Waals surface area contributed by atoms with Crippen LogP contribution in [0.3, 0.4) is 0 Å². The lowest BCUT2D eigenvalue weighted by atomic mass is 10.1. The van der Waals surface area contributed by atoms with E-state index in [9.17, 15) is 4.39 Å². The van der Waals surface area contributed by atoms with Crippen molar-refractivity contribution in [3.63, 3.8) is 0 Å². The van der Waals surface area contributed by atoms with Gasteiger partial charge in [-0.05, 0) is 42.2 Å². The molecule has 0 atom stereocenters. The summed E-state index contributed by atoms with van der Waals surface area (Å²) in [6.07, 6.45) is 3.10. The summed E-state index contributed by atoms with van der Waals surface area (Å²) < 4.78 is 13.2. The molecule has 0 aliphatic rings. The summed E-state index contributed by atoms with van der Waals surface area (Å²) in [4.78, 5) is 3.92. The van der Waals surface area contributed by atoms with Crippen LogP contribution in [0.5, 0.6) is 0 Å². The van der Waals surface area contributed by atoms with Gasteiger partial charge in [0, 0.05) is 6.20 Å². The zero-order chi connectivity index (χ0) is 12.3. The topological polar surface area (TPSA) is 38.9 Å². The van der Waals surface area contributed by atoms with Crippen molar-refractivity contribution in [2.45, 2.75) is 12.8 Å². The number of rotatable bonds is 3. The molecule has 4 heteroatoms. The monoisotopic (exact) mass is 250 g/mol. The standard InChI is InChI=1S/C13H12ClFN2/c14-13-10(2-1-3-11(13)15)5-4-9-6-7-17-12(16)8-9/h1-3,6-8H,4-5H2,(H2,16,17). The van der Waals surface area contributed by atoms with Gasteiger partial charge in [0.1, 0.15) is 11.6 Å². The predicted octanol–water partition coefficient (Wildman–Crippen LogP) is 3.24. The van der Waals surface area contributed by atoms with Crippen molar-refractivity contribution < 1.29 is 4.39 Å². The maximum Gasteiger partial charge on any atom is 0.142 e. The van der Waals surface area contributed by atoms with Crippen LogP contribution < -0.4 is 5.73 Å². The Morgan fingerprint density at radius 1 is 1.24 bits per heavy atom. The zero-order valence-electron chi connectivity index (χ0n) is 9.16. The highest BCUT2D eigenvalue weighted by atomic mass is 35.5. The first-order valence-electron chi connectivity index (χ1n) is 5.30. The van der Waals surface area contributed by atoms with Gasteiger partial charge < -0.3 is 5.73 Å². The Morgan fingerprint density at radius 2 is 2.06 bits per heavy atom. The molecule has 2 nitrogen and oxygen atoms in total. The fourth-order valence-corrected chi connectivity index (χ4v) is 1.89. The molecule has 2 N–H and O–H groups in total. The van der Waals surface area contributed by atoms with E-state index in [0.717, 1.165) is 17.5 Å². The molecule has 1 aromatic carbocycles. The van der Waals surface area contributed by atoms with Crippen LogP contribution in [0.2, 0.25) is 5.02 Å². The third-order valence-electron chi connectivity index (χ3n) is 2.56. The maximum atomic E-state index is 13.2. The SMILES string of the molecule is Nc1cc(CCc2cccc(F)c2Cl)ccn1. The molecular formula is C13H12ClFN2. The molecule has 17 heavy (non-hydrogen) atoms. The fourth-order valence-electron chi connectivity index (χ4n) is 1.67. The van der Waals surface area contributed by atoms with Gasteiger partial charge in [-0.1, -0.05) is 23.7 Å². The van der Waals surface area contributed by atoms with E-state index in [-0.39, 0.29) is 10.8 Å². The van der Waals surface area contributed by atoms with Crippen LogP contribution in [0.15, 0.2) is 36.5 Å². The van der Waals surface area contributed by atoms with Crippen molar-refractivity contribution in [1.29, 1.82) is 0 Å². The summed E-state index contributed by atoms with van der Waals surface area (Å²) in [5.74, 6) is 0.117. The second kappa shape index (κ2) is 5.15. The zero-order valence-corrected chi connectivity index (χ0v) is 9.91. The van der Waals surface area contributed by atoms with Crippen molar-refractivity contribution in [3.8, 4) is 0 Å². The first kappa shape index (κ1) is 11.9. The van der Waals surface area contributed by atoms with Crippen molar-refractivity contribution in [3.05, 3.63) is 58.5 Å². The number of nitrogen functional groups attached to an aromatic ring is 1. The van der Waals surface area contributed by atoms with Crippen LogP contribution in [0.4, 0.5) is 10.2 Å². The molecule has 2 rings (SSSR count). The molecule has 0 bridgehead atoms. The Hall–Kier alpha value is -1.61. The van der Waals surface area contributed by atoms with E-state index in [1.165, 1.54) is 6.07 Å². The van der Waals surface area contributed by atoms with Crippen LogP contribution in [-0.4, -0.2) is 4.98 Å². The highest BCUT2D eigenvalue weighted by Crippen LogP contribution is 2.21. The number of nitrogens with zero attached hydrogens (tertiary/aromatic N) is 1. The van der Waals surface area contributed by atoms with Crippen molar-refractivity contribution >= 4 is 17.4 Å². The van der Waals surface area contributed by atoms with Crippen LogP contribution in [0, 0.1) is 5.82 Å². The molecule has 0 radical (unpaired) electrons. The number of hydrogen-bond acceptors (Lipinski definition) is 2. The largest absolute Gasteiger partial charge is 0.384 e. The van der Waals surface area contributed by atoms with Gasteiger partial charge in [0.05, 0.1) is 5.02 Å². The molecule has 0 saturated heterocycles. The molecule has 0 fully saturated rings. The van der Waals surface area contributed by atoms with Gasteiger partial charge >= 0.3 is 0 Å². The van der Waals surface area contributed by atoms with Crippen LogP contribution in [0.25, 0.3) is 0 Å². The summed E-state index contributed by atoms with van der Waals surface area (Å²) >= 11 is 5.88. The predicted molar refractivity (Wildman–Crippen MR) is 67.5 cm³/mol. The molecule has 1 aromatic heterocycles. The van der Waals surface area contributed by atoms with E-state index in [1.807, 2.05) is 18.2 Å². The molecular weight excluding hydrogens is 239 g/mol. The Kier molecular flexibility index (Phi) is 3.59. The minimum absolute atomic E-state index is 0.203. The number of anilines is 1. The van der Waals surface area contributed by atoms with Gasteiger partial charge in [-0.3, -0.25) is 0 Å². The third-order valence-corrected chi connectivity index (χ3v) is 2.98. The van der Waals surface area contributed by atoms with Crippen molar-refractivity contribution in [2.24, 2.45) is 0 Å². The quantitative estimate of drug-likeness (QED) is 0.908. The molecule has 0 aliphatic carbocycles. The highest BCUT2D eigenvalue weighted by molar-refractivity contribution is 6.31. The first-order valence-corrected chi connectivity index (χ1v) is 5.68. The van der Waals surface area contributed by atoms with E-state index in [1.54, 1.807) is 12.3 Å². The van der Waals surface area contributed by atoms with Gasteiger partial charge in [-0.15, -0.1) is 0 Å². The molecule has 0 amide bonds. The maximum absolute atomic E-state index is 13.2. The molecule has 1 heterocycles.